The molecular formula is C28H33Cl2N8O4+. The zero-order chi connectivity index (χ0) is 30.4. The fourth-order valence-corrected chi connectivity index (χ4v) is 4.85. The van der Waals surface area contributed by atoms with Crippen LogP contribution in [0.3, 0.4) is 0 Å². The molecule has 3 amide bonds. The third-order valence-electron chi connectivity index (χ3n) is 6.65. The number of hydrogen-bond acceptors (Lipinski definition) is 8. The largest absolute Gasteiger partial charge is 0.495 e. The van der Waals surface area contributed by atoms with Crippen molar-refractivity contribution in [2.24, 2.45) is 7.05 Å². The number of ether oxygens (including phenoxy) is 2. The maximum absolute atomic E-state index is 13.3. The Balaban J connectivity index is 1.60. The number of methoxy groups -OCH3 is 2. The molecule has 222 valence electrons. The van der Waals surface area contributed by atoms with Crippen LogP contribution < -0.4 is 45.1 Å². The van der Waals surface area contributed by atoms with E-state index in [1.807, 2.05) is 18.2 Å². The number of halogens is 2. The van der Waals surface area contributed by atoms with Gasteiger partial charge in [0.05, 0.1) is 38.7 Å². The van der Waals surface area contributed by atoms with Crippen molar-refractivity contribution in [3.63, 3.8) is 0 Å². The highest BCUT2D eigenvalue weighted by Crippen LogP contribution is 2.44. The van der Waals surface area contributed by atoms with Crippen LogP contribution in [0.4, 0.5) is 39.2 Å². The summed E-state index contributed by atoms with van der Waals surface area (Å²) in [6.45, 7) is 7.05. The van der Waals surface area contributed by atoms with Gasteiger partial charge in [0.25, 0.3) is 0 Å². The Kier molecular flexibility index (Phi) is 9.94. The average Bonchev–Trinajstić information content (AvgIpc) is 3.01. The first-order valence-corrected chi connectivity index (χ1v) is 13.7. The van der Waals surface area contributed by atoms with Crippen molar-refractivity contribution in [2.45, 2.75) is 0 Å². The second-order valence-corrected chi connectivity index (χ2v) is 10.1. The van der Waals surface area contributed by atoms with Gasteiger partial charge >= 0.3 is 6.03 Å². The second-order valence-electron chi connectivity index (χ2n) is 9.30. The van der Waals surface area contributed by atoms with Crippen LogP contribution in [0.1, 0.15) is 0 Å². The van der Waals surface area contributed by atoms with Crippen LogP contribution in [0.2, 0.25) is 10.0 Å². The lowest BCUT2D eigenvalue weighted by atomic mass is 10.2. The molecule has 3 aromatic rings. The summed E-state index contributed by atoms with van der Waals surface area (Å²) >= 11 is 12.9. The van der Waals surface area contributed by atoms with E-state index in [9.17, 15) is 9.59 Å². The number of anilines is 6. The second kappa shape index (κ2) is 13.6. The first-order chi connectivity index (χ1) is 20.2. The molecule has 14 heteroatoms. The molecule has 12 nitrogen and oxygen atoms in total. The predicted octanol–water partition coefficient (Wildman–Crippen LogP) is 4.18. The lowest BCUT2D eigenvalue weighted by Crippen LogP contribution is -2.43. The maximum atomic E-state index is 13.3. The number of amides is 3. The van der Waals surface area contributed by atoms with E-state index in [0.717, 1.165) is 31.9 Å². The van der Waals surface area contributed by atoms with Crippen molar-refractivity contribution in [1.29, 1.82) is 0 Å². The molecule has 0 spiro atoms. The van der Waals surface area contributed by atoms with Crippen LogP contribution in [0.5, 0.6) is 11.5 Å². The first-order valence-electron chi connectivity index (χ1n) is 13.0. The lowest BCUT2D eigenvalue weighted by molar-refractivity contribution is -0.659. The number of rotatable bonds is 9. The summed E-state index contributed by atoms with van der Waals surface area (Å²) < 4.78 is 12.3. The maximum Gasteiger partial charge on any atom is 0.328 e. The first kappa shape index (κ1) is 30.7. The fraction of sp³-hybridized carbons (Fsp3) is 0.286. The highest BCUT2D eigenvalue weighted by molar-refractivity contribution is 6.41. The number of hydrogen-bond donors (Lipinski definition) is 4. The summed E-state index contributed by atoms with van der Waals surface area (Å²) in [7, 11) is 6.25. The number of carbonyl (C=O) groups excluding carboxylic acids is 2. The van der Waals surface area contributed by atoms with E-state index in [1.54, 1.807) is 31.1 Å². The van der Waals surface area contributed by atoms with Crippen LogP contribution >= 0.6 is 23.2 Å². The van der Waals surface area contributed by atoms with Gasteiger partial charge in [-0.1, -0.05) is 34.8 Å². The minimum absolute atomic E-state index is 0.123. The quantitative estimate of drug-likeness (QED) is 0.209. The average molecular weight is 617 g/mol. The minimum atomic E-state index is -0.555. The topological polar surface area (TPSA) is 124 Å². The Morgan fingerprint density at radius 2 is 1.74 bits per heavy atom. The molecule has 1 aromatic heterocycles. The highest BCUT2D eigenvalue weighted by atomic mass is 35.5. The normalized spacial score (nSPS) is 12.8. The highest BCUT2D eigenvalue weighted by Gasteiger charge is 2.24. The van der Waals surface area contributed by atoms with Crippen molar-refractivity contribution >= 4 is 69.5 Å². The molecule has 1 fully saturated rings. The predicted molar refractivity (Wildman–Crippen MR) is 166 cm³/mol. The zero-order valence-electron chi connectivity index (χ0n) is 23.8. The Hall–Kier alpha value is -4.26. The van der Waals surface area contributed by atoms with Gasteiger partial charge in [-0.05, 0) is 24.3 Å². The van der Waals surface area contributed by atoms with Gasteiger partial charge in [0.2, 0.25) is 23.9 Å². The molecule has 4 N–H and O–H groups in total. The molecule has 4 rings (SSSR count). The number of carbonyl (C=O) groups is 2. The minimum Gasteiger partial charge on any atom is -0.495 e. The van der Waals surface area contributed by atoms with Crippen molar-refractivity contribution in [3.05, 3.63) is 59.4 Å². The van der Waals surface area contributed by atoms with Crippen LogP contribution in [0, 0.1) is 0 Å². The monoisotopic (exact) mass is 615 g/mol. The van der Waals surface area contributed by atoms with E-state index in [0.29, 0.717) is 23.0 Å². The molecule has 0 atom stereocenters. The summed E-state index contributed by atoms with van der Waals surface area (Å²) in [5, 5.41) is 12.5. The molecule has 2 aromatic carbocycles. The van der Waals surface area contributed by atoms with Crippen LogP contribution in [0.25, 0.3) is 0 Å². The van der Waals surface area contributed by atoms with E-state index in [-0.39, 0.29) is 33.1 Å². The van der Waals surface area contributed by atoms with Crippen molar-refractivity contribution in [2.75, 3.05) is 73.2 Å². The van der Waals surface area contributed by atoms with Gasteiger partial charge in [0.15, 0.2) is 0 Å². The molecule has 0 radical (unpaired) electrons. The summed E-state index contributed by atoms with van der Waals surface area (Å²) in [5.41, 5.74) is 2.35. The van der Waals surface area contributed by atoms with Crippen LogP contribution in [-0.2, 0) is 11.8 Å². The van der Waals surface area contributed by atoms with Gasteiger partial charge in [-0.3, -0.25) is 15.0 Å². The molecule has 42 heavy (non-hydrogen) atoms. The van der Waals surface area contributed by atoms with Gasteiger partial charge in [-0.15, -0.1) is 0 Å². The number of benzene rings is 2. The zero-order valence-corrected chi connectivity index (χ0v) is 25.3. The van der Waals surface area contributed by atoms with Gasteiger partial charge in [-0.2, -0.15) is 0 Å². The summed E-state index contributed by atoms with van der Waals surface area (Å²) in [6.07, 6.45) is 2.78. The molecule has 2 heterocycles. The van der Waals surface area contributed by atoms with Crippen LogP contribution in [-0.4, -0.2) is 64.4 Å². The SMILES string of the molecule is C=CC(=O)Nc1cc(N2CCNCC2)ccc1Nc1cc(N(C)C(=O)Nc2c(Cl)c(OC)cc(OC)c2Cl)nc[n+]1C. The molecule has 1 aliphatic heterocycles. The van der Waals surface area contributed by atoms with Gasteiger partial charge in [0.1, 0.15) is 27.2 Å². The van der Waals surface area contributed by atoms with Crippen molar-refractivity contribution in [3.8, 4) is 11.5 Å². The molecule has 0 saturated carbocycles. The molecular weight excluding hydrogens is 583 g/mol. The third kappa shape index (κ3) is 6.78. The lowest BCUT2D eigenvalue weighted by Gasteiger charge is -2.30. The Bertz CT molecular complexity index is 1470. The smallest absolute Gasteiger partial charge is 0.328 e. The van der Waals surface area contributed by atoms with E-state index in [1.165, 1.54) is 31.3 Å². The fourth-order valence-electron chi connectivity index (χ4n) is 4.25. The molecule has 0 aliphatic carbocycles. The number of piperazine rings is 1. The van der Waals surface area contributed by atoms with Gasteiger partial charge < -0.3 is 30.3 Å². The van der Waals surface area contributed by atoms with E-state index < -0.39 is 6.03 Å². The Morgan fingerprint density at radius 1 is 1.07 bits per heavy atom. The molecule has 1 aliphatic rings. The van der Waals surface area contributed by atoms with E-state index in [2.05, 4.69) is 37.7 Å². The van der Waals surface area contributed by atoms with Crippen molar-refractivity contribution < 1.29 is 23.6 Å². The molecule has 0 bridgehead atoms. The number of aromatic nitrogens is 2. The Labute approximate surface area is 254 Å². The summed E-state index contributed by atoms with van der Waals surface area (Å²) in [5.74, 6) is 1.16. The molecule has 0 unspecified atom stereocenters. The van der Waals surface area contributed by atoms with Gasteiger partial charge in [-0.25, -0.2) is 9.36 Å². The summed E-state index contributed by atoms with van der Waals surface area (Å²) in [6, 6.07) is 8.48. The third-order valence-corrected chi connectivity index (χ3v) is 7.40. The van der Waals surface area contributed by atoms with Crippen molar-refractivity contribution in [1.82, 2.24) is 10.3 Å². The van der Waals surface area contributed by atoms with Crippen LogP contribution in [0.15, 0.2) is 49.3 Å². The van der Waals surface area contributed by atoms with Gasteiger partial charge in [0, 0.05) is 45.0 Å². The number of nitrogens with one attached hydrogen (secondary N) is 4. The molecule has 1 saturated heterocycles. The number of aryl methyl sites for hydroxylation is 1. The summed E-state index contributed by atoms with van der Waals surface area (Å²) in [4.78, 5) is 33.4. The Morgan fingerprint density at radius 3 is 2.36 bits per heavy atom. The standard InChI is InChI=1S/C28H32Cl2N8O4/c1-6-24(39)34-19-13-17(38-11-9-31-10-12-38)7-8-18(19)33-23-15-22(32-16-36(23)2)37(3)28(40)35-27-25(29)20(41-4)14-21(42-5)26(27)30/h6-8,13-16,31H,1,9-12H2,2-5H3,(H2,34,35,39,40)/p+1. The van der Waals surface area contributed by atoms with E-state index in [4.69, 9.17) is 32.7 Å². The number of nitrogens with zero attached hydrogens (tertiary/aromatic N) is 4. The number of urea groups is 1. The van der Waals surface area contributed by atoms with E-state index >= 15 is 0 Å².